The van der Waals surface area contributed by atoms with Gasteiger partial charge in [-0.3, -0.25) is 9.59 Å². The molecular formula is C24H19F3N2O3. The second kappa shape index (κ2) is 8.82. The topological polar surface area (TPSA) is 59.5 Å². The number of ketones is 1. The van der Waals surface area contributed by atoms with E-state index in [4.69, 9.17) is 4.74 Å². The smallest absolute Gasteiger partial charge is 0.416 e. The monoisotopic (exact) mass is 440 g/mol. The lowest BCUT2D eigenvalue weighted by Crippen LogP contribution is -2.32. The number of rotatable bonds is 5. The molecule has 1 atom stereocenters. The zero-order valence-corrected chi connectivity index (χ0v) is 16.9. The second-order valence-electron chi connectivity index (χ2n) is 7.40. The average Bonchev–Trinajstić information content (AvgIpc) is 3.27. The number of alkyl halides is 3. The molecule has 0 aliphatic carbocycles. The number of carbonyl (C=O) groups is 2. The van der Waals surface area contributed by atoms with Crippen molar-refractivity contribution in [3.63, 3.8) is 0 Å². The summed E-state index contributed by atoms with van der Waals surface area (Å²) in [6, 6.07) is 17.0. The van der Waals surface area contributed by atoms with Crippen LogP contribution in [-0.2, 0) is 6.18 Å². The third-order valence-electron chi connectivity index (χ3n) is 5.22. The Kier molecular flexibility index (Phi) is 5.94. The molecule has 164 valence electrons. The standard InChI is InChI=1S/C24H19F3N2O3/c25-24(26,27)17-10-12-28-21(14-17)32-18-11-13-29(15-18)23(31)20-9-5-4-8-19(20)22(30)16-6-2-1-3-7-16/h1-10,12,14,18H,11,13,15H2. The van der Waals surface area contributed by atoms with E-state index >= 15 is 0 Å². The molecule has 0 N–H and O–H groups in total. The third kappa shape index (κ3) is 4.64. The number of hydrogen-bond donors (Lipinski definition) is 0. The largest absolute Gasteiger partial charge is 0.472 e. The van der Waals surface area contributed by atoms with Crippen molar-refractivity contribution in [3.05, 3.63) is 95.2 Å². The zero-order valence-electron chi connectivity index (χ0n) is 16.9. The first-order valence-electron chi connectivity index (χ1n) is 10.0. The van der Waals surface area contributed by atoms with Crippen LogP contribution in [0.2, 0.25) is 0 Å². The number of pyridine rings is 1. The van der Waals surface area contributed by atoms with Crippen LogP contribution in [0.4, 0.5) is 13.2 Å². The first kappa shape index (κ1) is 21.5. The van der Waals surface area contributed by atoms with Crippen LogP contribution in [0.15, 0.2) is 72.9 Å². The van der Waals surface area contributed by atoms with Crippen molar-refractivity contribution in [1.29, 1.82) is 0 Å². The van der Waals surface area contributed by atoms with E-state index in [9.17, 15) is 22.8 Å². The summed E-state index contributed by atoms with van der Waals surface area (Å²) in [5, 5.41) is 0. The maximum Gasteiger partial charge on any atom is 0.416 e. The van der Waals surface area contributed by atoms with Crippen LogP contribution in [0, 0.1) is 0 Å². The molecule has 1 amide bonds. The average molecular weight is 440 g/mol. The number of halogens is 3. The highest BCUT2D eigenvalue weighted by atomic mass is 19.4. The highest BCUT2D eigenvalue weighted by molar-refractivity contribution is 6.15. The van der Waals surface area contributed by atoms with Crippen LogP contribution < -0.4 is 4.74 Å². The molecule has 8 heteroatoms. The number of hydrogen-bond acceptors (Lipinski definition) is 4. The van der Waals surface area contributed by atoms with E-state index in [1.54, 1.807) is 54.6 Å². The van der Waals surface area contributed by atoms with Crippen LogP contribution in [0.1, 0.15) is 38.3 Å². The van der Waals surface area contributed by atoms with Crippen LogP contribution >= 0.6 is 0 Å². The van der Waals surface area contributed by atoms with Gasteiger partial charge in [0.2, 0.25) is 5.88 Å². The minimum absolute atomic E-state index is 0.140. The van der Waals surface area contributed by atoms with E-state index in [0.29, 0.717) is 24.1 Å². The van der Waals surface area contributed by atoms with E-state index in [-0.39, 0.29) is 29.7 Å². The Balaban J connectivity index is 1.48. The molecular weight excluding hydrogens is 421 g/mol. The fourth-order valence-electron chi connectivity index (χ4n) is 3.61. The molecule has 2 aromatic carbocycles. The molecule has 1 fully saturated rings. The van der Waals surface area contributed by atoms with Crippen molar-refractivity contribution in [2.75, 3.05) is 13.1 Å². The summed E-state index contributed by atoms with van der Waals surface area (Å²) in [6.45, 7) is 0.543. The Morgan fingerprint density at radius 3 is 2.38 bits per heavy atom. The fraction of sp³-hybridized carbons (Fsp3) is 0.208. The summed E-state index contributed by atoms with van der Waals surface area (Å²) in [5.74, 6) is -0.721. The van der Waals surface area contributed by atoms with Gasteiger partial charge in [-0.25, -0.2) is 4.98 Å². The number of carbonyl (C=O) groups excluding carboxylic acids is 2. The molecule has 1 unspecified atom stereocenters. The highest BCUT2D eigenvalue weighted by Crippen LogP contribution is 2.31. The Labute approximate surface area is 182 Å². The van der Waals surface area contributed by atoms with Crippen LogP contribution in [0.25, 0.3) is 0 Å². The molecule has 1 saturated heterocycles. The molecule has 5 nitrogen and oxygen atoms in total. The summed E-state index contributed by atoms with van der Waals surface area (Å²) in [7, 11) is 0. The van der Waals surface area contributed by atoms with Crippen LogP contribution in [0.3, 0.4) is 0 Å². The summed E-state index contributed by atoms with van der Waals surface area (Å²) in [5.41, 5.74) is 0.208. The van der Waals surface area contributed by atoms with Gasteiger partial charge in [0.05, 0.1) is 17.7 Å². The predicted molar refractivity (Wildman–Crippen MR) is 110 cm³/mol. The number of ether oxygens (including phenoxy) is 1. The van der Waals surface area contributed by atoms with Crippen LogP contribution in [0.5, 0.6) is 5.88 Å². The molecule has 32 heavy (non-hydrogen) atoms. The SMILES string of the molecule is O=C(c1ccccc1)c1ccccc1C(=O)N1CCC(Oc2cc(C(F)(F)F)ccn2)C1. The first-order chi connectivity index (χ1) is 15.3. The van der Waals surface area contributed by atoms with Gasteiger partial charge in [0.1, 0.15) is 6.10 Å². The number of amides is 1. The molecule has 0 bridgehead atoms. The summed E-state index contributed by atoms with van der Waals surface area (Å²) >= 11 is 0. The van der Waals surface area contributed by atoms with Crippen molar-refractivity contribution in [1.82, 2.24) is 9.88 Å². The van der Waals surface area contributed by atoms with Crippen molar-refractivity contribution >= 4 is 11.7 Å². The molecule has 0 spiro atoms. The summed E-state index contributed by atoms with van der Waals surface area (Å²) in [4.78, 5) is 31.4. The Hall–Kier alpha value is -3.68. The minimum Gasteiger partial charge on any atom is -0.472 e. The zero-order chi connectivity index (χ0) is 22.7. The predicted octanol–water partition coefficient (Wildman–Crippen LogP) is 4.62. The molecule has 1 aliphatic rings. The van der Waals surface area contributed by atoms with Crippen molar-refractivity contribution in [3.8, 4) is 5.88 Å². The van der Waals surface area contributed by atoms with Gasteiger partial charge >= 0.3 is 6.18 Å². The lowest BCUT2D eigenvalue weighted by molar-refractivity contribution is -0.137. The number of nitrogens with zero attached hydrogens (tertiary/aromatic N) is 2. The van der Waals surface area contributed by atoms with Gasteiger partial charge in [-0.05, 0) is 12.1 Å². The molecule has 0 saturated carbocycles. The molecule has 2 heterocycles. The normalized spacial score (nSPS) is 16.1. The molecule has 1 aromatic heterocycles. The minimum atomic E-state index is -4.49. The lowest BCUT2D eigenvalue weighted by Gasteiger charge is -2.19. The maximum absolute atomic E-state index is 13.1. The van der Waals surface area contributed by atoms with Gasteiger partial charge < -0.3 is 9.64 Å². The number of aromatic nitrogens is 1. The van der Waals surface area contributed by atoms with E-state index in [2.05, 4.69) is 4.98 Å². The molecule has 3 aromatic rings. The summed E-state index contributed by atoms with van der Waals surface area (Å²) in [6.07, 6.45) is -3.50. The van der Waals surface area contributed by atoms with Crippen molar-refractivity contribution in [2.45, 2.75) is 18.7 Å². The molecule has 1 aliphatic heterocycles. The van der Waals surface area contributed by atoms with E-state index in [0.717, 1.165) is 18.3 Å². The van der Waals surface area contributed by atoms with Crippen molar-refractivity contribution < 1.29 is 27.5 Å². The lowest BCUT2D eigenvalue weighted by atomic mass is 9.97. The van der Waals surface area contributed by atoms with E-state index in [1.165, 1.54) is 4.90 Å². The molecule has 4 rings (SSSR count). The van der Waals surface area contributed by atoms with Gasteiger partial charge in [-0.2, -0.15) is 13.2 Å². The fourth-order valence-corrected chi connectivity index (χ4v) is 3.61. The van der Waals surface area contributed by atoms with E-state index in [1.807, 2.05) is 0 Å². The van der Waals surface area contributed by atoms with Crippen molar-refractivity contribution in [2.24, 2.45) is 0 Å². The quantitative estimate of drug-likeness (QED) is 0.543. The van der Waals surface area contributed by atoms with Crippen LogP contribution in [-0.4, -0.2) is 40.8 Å². The highest BCUT2D eigenvalue weighted by Gasteiger charge is 2.33. The third-order valence-corrected chi connectivity index (χ3v) is 5.22. The molecule has 0 radical (unpaired) electrons. The Morgan fingerprint density at radius 2 is 1.66 bits per heavy atom. The van der Waals surface area contributed by atoms with E-state index < -0.39 is 17.8 Å². The summed E-state index contributed by atoms with van der Waals surface area (Å²) < 4.78 is 44.3. The Bertz CT molecular complexity index is 1130. The number of benzene rings is 2. The second-order valence-corrected chi connectivity index (χ2v) is 7.40. The van der Waals surface area contributed by atoms with Gasteiger partial charge in [-0.1, -0.05) is 48.5 Å². The van der Waals surface area contributed by atoms with Gasteiger partial charge in [0.15, 0.2) is 5.78 Å². The maximum atomic E-state index is 13.1. The van der Waals surface area contributed by atoms with Gasteiger partial charge in [-0.15, -0.1) is 0 Å². The Morgan fingerprint density at radius 1 is 0.969 bits per heavy atom. The first-order valence-corrected chi connectivity index (χ1v) is 10.0. The number of likely N-dealkylation sites (tertiary alicyclic amines) is 1. The van der Waals surface area contributed by atoms with Gasteiger partial charge in [0.25, 0.3) is 5.91 Å². The van der Waals surface area contributed by atoms with Gasteiger partial charge in [0, 0.05) is 36.4 Å².